The number of rotatable bonds is 0. The van der Waals surface area contributed by atoms with Gasteiger partial charge in [0.05, 0.1) is 19.0 Å². The van der Waals surface area contributed by atoms with Gasteiger partial charge in [0, 0.05) is 12.3 Å². The zero-order chi connectivity index (χ0) is 12.8. The van der Waals surface area contributed by atoms with E-state index < -0.39 is 0 Å². The quantitative estimate of drug-likeness (QED) is 0.639. The number of hydrogen-bond acceptors (Lipinski definition) is 2. The van der Waals surface area contributed by atoms with Crippen molar-refractivity contribution in [3.05, 3.63) is 11.4 Å². The highest BCUT2D eigenvalue weighted by molar-refractivity contribution is 5.08. The van der Waals surface area contributed by atoms with Crippen LogP contribution in [0.15, 0.2) is 11.4 Å². The maximum Gasteiger partial charge on any atom is 0.154 e. The lowest BCUT2D eigenvalue weighted by Crippen LogP contribution is -2.27. The van der Waals surface area contributed by atoms with Gasteiger partial charge in [-0.1, -0.05) is 13.8 Å². The van der Waals surface area contributed by atoms with Crippen LogP contribution in [0.4, 0.5) is 4.39 Å². The van der Waals surface area contributed by atoms with Crippen LogP contribution in [0.1, 0.15) is 47.0 Å². The molecule has 2 rings (SSSR count). The van der Waals surface area contributed by atoms with Crippen LogP contribution in [0.2, 0.25) is 0 Å². The first-order valence-electron chi connectivity index (χ1n) is 6.56. The number of allylic oxidation sites excluding steroid dienone is 2. The van der Waals surface area contributed by atoms with Crippen molar-refractivity contribution < 1.29 is 13.9 Å². The first kappa shape index (κ1) is 14.7. The van der Waals surface area contributed by atoms with E-state index in [0.717, 1.165) is 25.2 Å². The molecule has 1 aliphatic heterocycles. The summed E-state index contributed by atoms with van der Waals surface area (Å²) in [7, 11) is 0. The SMILES string of the molecule is CC1=C(F)CC(C)CC1.CC1COC(C)OC1. The summed E-state index contributed by atoms with van der Waals surface area (Å²) < 4.78 is 23.0. The molecule has 0 bridgehead atoms. The molecule has 0 saturated carbocycles. The molecule has 17 heavy (non-hydrogen) atoms. The molecule has 1 heterocycles. The van der Waals surface area contributed by atoms with Crippen molar-refractivity contribution in [2.45, 2.75) is 53.2 Å². The fourth-order valence-corrected chi connectivity index (χ4v) is 1.88. The Hall–Kier alpha value is -0.410. The van der Waals surface area contributed by atoms with Crippen LogP contribution in [0.5, 0.6) is 0 Å². The molecule has 1 atom stereocenters. The molecule has 3 heteroatoms. The first-order valence-corrected chi connectivity index (χ1v) is 6.56. The van der Waals surface area contributed by atoms with Crippen molar-refractivity contribution in [1.29, 1.82) is 0 Å². The zero-order valence-corrected chi connectivity index (χ0v) is 11.5. The summed E-state index contributed by atoms with van der Waals surface area (Å²) in [5, 5.41) is 0. The molecule has 0 aromatic carbocycles. The van der Waals surface area contributed by atoms with E-state index in [-0.39, 0.29) is 12.1 Å². The van der Waals surface area contributed by atoms with Gasteiger partial charge in [-0.2, -0.15) is 0 Å². The Morgan fingerprint density at radius 1 is 1.06 bits per heavy atom. The van der Waals surface area contributed by atoms with Crippen LogP contribution in [-0.2, 0) is 9.47 Å². The monoisotopic (exact) mass is 244 g/mol. The Labute approximate surface area is 104 Å². The Kier molecular flexibility index (Phi) is 6.14. The lowest BCUT2D eigenvalue weighted by atomic mass is 9.91. The lowest BCUT2D eigenvalue weighted by molar-refractivity contribution is -0.187. The van der Waals surface area contributed by atoms with E-state index in [1.54, 1.807) is 0 Å². The zero-order valence-electron chi connectivity index (χ0n) is 11.5. The minimum absolute atomic E-state index is 0.0196. The van der Waals surface area contributed by atoms with Crippen LogP contribution >= 0.6 is 0 Å². The van der Waals surface area contributed by atoms with Gasteiger partial charge < -0.3 is 9.47 Å². The van der Waals surface area contributed by atoms with Crippen molar-refractivity contribution in [3.63, 3.8) is 0 Å². The van der Waals surface area contributed by atoms with Gasteiger partial charge in [0.15, 0.2) is 6.29 Å². The molecular formula is C14H25FO2. The summed E-state index contributed by atoms with van der Waals surface area (Å²) in [6, 6.07) is 0. The van der Waals surface area contributed by atoms with Crippen LogP contribution in [0.25, 0.3) is 0 Å². The third-order valence-electron chi connectivity index (χ3n) is 3.23. The lowest BCUT2D eigenvalue weighted by Gasteiger charge is -2.24. The second kappa shape index (κ2) is 7.12. The molecule has 2 aliphatic rings. The standard InChI is InChI=1S/C8H13F.C6H12O2/c1-6-3-4-7(2)8(9)5-6;1-5-3-7-6(2)8-4-5/h6H,3-5H2,1-2H3;5-6H,3-4H2,1-2H3. The van der Waals surface area contributed by atoms with Gasteiger partial charge in [-0.25, -0.2) is 4.39 Å². The summed E-state index contributed by atoms with van der Waals surface area (Å²) in [5.74, 6) is 1.27. The maximum absolute atomic E-state index is 12.7. The second-order valence-electron chi connectivity index (χ2n) is 5.37. The van der Waals surface area contributed by atoms with E-state index >= 15 is 0 Å². The van der Waals surface area contributed by atoms with Crippen molar-refractivity contribution in [2.24, 2.45) is 11.8 Å². The van der Waals surface area contributed by atoms with Gasteiger partial charge in [0.2, 0.25) is 0 Å². The number of halogens is 1. The summed E-state index contributed by atoms with van der Waals surface area (Å²) in [6.45, 7) is 9.73. The largest absolute Gasteiger partial charge is 0.353 e. The molecule has 1 saturated heterocycles. The number of hydrogen-bond donors (Lipinski definition) is 0. The highest BCUT2D eigenvalue weighted by atomic mass is 19.1. The highest BCUT2D eigenvalue weighted by Gasteiger charge is 2.14. The third-order valence-corrected chi connectivity index (χ3v) is 3.23. The molecule has 0 radical (unpaired) electrons. The van der Waals surface area contributed by atoms with Crippen molar-refractivity contribution in [2.75, 3.05) is 13.2 Å². The molecule has 0 spiro atoms. The summed E-state index contributed by atoms with van der Waals surface area (Å²) in [6.07, 6.45) is 2.82. The molecule has 100 valence electrons. The van der Waals surface area contributed by atoms with E-state index in [9.17, 15) is 4.39 Å². The minimum atomic E-state index is 0.0196. The summed E-state index contributed by atoms with van der Waals surface area (Å²) >= 11 is 0. The number of ether oxygens (including phenoxy) is 2. The molecule has 0 aromatic rings. The van der Waals surface area contributed by atoms with Gasteiger partial charge in [-0.3, -0.25) is 0 Å². The molecular weight excluding hydrogens is 219 g/mol. The van der Waals surface area contributed by atoms with Gasteiger partial charge >= 0.3 is 0 Å². The molecule has 2 nitrogen and oxygen atoms in total. The molecule has 1 fully saturated rings. The predicted molar refractivity (Wildman–Crippen MR) is 67.4 cm³/mol. The van der Waals surface area contributed by atoms with Crippen molar-refractivity contribution >= 4 is 0 Å². The Balaban J connectivity index is 0.000000171. The second-order valence-corrected chi connectivity index (χ2v) is 5.37. The predicted octanol–water partition coefficient (Wildman–Crippen LogP) is 4.07. The molecule has 0 aromatic heterocycles. The first-order chi connectivity index (χ1) is 7.99. The molecule has 1 unspecified atom stereocenters. The Morgan fingerprint density at radius 3 is 2.06 bits per heavy atom. The van der Waals surface area contributed by atoms with Crippen molar-refractivity contribution in [1.82, 2.24) is 0 Å². The summed E-state index contributed by atoms with van der Waals surface area (Å²) in [5.41, 5.74) is 0.966. The van der Waals surface area contributed by atoms with Crippen LogP contribution < -0.4 is 0 Å². The Morgan fingerprint density at radius 2 is 1.65 bits per heavy atom. The van der Waals surface area contributed by atoms with E-state index in [1.807, 2.05) is 13.8 Å². The van der Waals surface area contributed by atoms with Crippen LogP contribution in [0.3, 0.4) is 0 Å². The minimum Gasteiger partial charge on any atom is -0.353 e. The molecule has 1 aliphatic carbocycles. The van der Waals surface area contributed by atoms with Gasteiger partial charge in [-0.15, -0.1) is 0 Å². The fraction of sp³-hybridized carbons (Fsp3) is 0.857. The van der Waals surface area contributed by atoms with Crippen LogP contribution in [-0.4, -0.2) is 19.5 Å². The highest BCUT2D eigenvalue weighted by Crippen LogP contribution is 2.28. The van der Waals surface area contributed by atoms with Gasteiger partial charge in [0.1, 0.15) is 0 Å². The maximum atomic E-state index is 12.7. The Bertz CT molecular complexity index is 245. The average molecular weight is 244 g/mol. The van der Waals surface area contributed by atoms with E-state index in [2.05, 4.69) is 13.8 Å². The van der Waals surface area contributed by atoms with Crippen LogP contribution in [0, 0.1) is 11.8 Å². The van der Waals surface area contributed by atoms with E-state index in [4.69, 9.17) is 9.47 Å². The molecule has 0 amide bonds. The summed E-state index contributed by atoms with van der Waals surface area (Å²) in [4.78, 5) is 0. The normalized spacial score (nSPS) is 34.1. The van der Waals surface area contributed by atoms with Crippen molar-refractivity contribution in [3.8, 4) is 0 Å². The van der Waals surface area contributed by atoms with E-state index in [0.29, 0.717) is 18.3 Å². The molecule has 0 N–H and O–H groups in total. The topological polar surface area (TPSA) is 18.5 Å². The fourth-order valence-electron chi connectivity index (χ4n) is 1.88. The van der Waals surface area contributed by atoms with Gasteiger partial charge in [-0.05, 0) is 38.2 Å². The average Bonchev–Trinajstić information content (AvgIpc) is 2.29. The third kappa shape index (κ3) is 5.64. The van der Waals surface area contributed by atoms with Gasteiger partial charge in [0.25, 0.3) is 0 Å². The van der Waals surface area contributed by atoms with E-state index in [1.165, 1.54) is 6.42 Å². The smallest absolute Gasteiger partial charge is 0.154 e.